The van der Waals surface area contributed by atoms with E-state index in [9.17, 15) is 5.11 Å². The summed E-state index contributed by atoms with van der Waals surface area (Å²) in [5.41, 5.74) is 2.36. The van der Waals surface area contributed by atoms with Crippen molar-refractivity contribution in [2.24, 2.45) is 0 Å². The van der Waals surface area contributed by atoms with Crippen LogP contribution >= 0.6 is 0 Å². The predicted molar refractivity (Wildman–Crippen MR) is 63.9 cm³/mol. The van der Waals surface area contributed by atoms with Crippen molar-refractivity contribution >= 4 is 0 Å². The third-order valence-electron chi connectivity index (χ3n) is 3.19. The van der Waals surface area contributed by atoms with Crippen LogP contribution in [-0.4, -0.2) is 30.7 Å². The van der Waals surface area contributed by atoms with Crippen LogP contribution in [0.5, 0.6) is 11.5 Å². The summed E-state index contributed by atoms with van der Waals surface area (Å²) in [6, 6.07) is 3.89. The lowest BCUT2D eigenvalue weighted by Crippen LogP contribution is -2.30. The number of hydrogen-bond donors (Lipinski definition) is 1. The maximum absolute atomic E-state index is 9.79. The molecule has 1 atom stereocenters. The first-order valence-electron chi connectivity index (χ1n) is 5.40. The van der Waals surface area contributed by atoms with E-state index >= 15 is 0 Å². The predicted octanol–water partition coefficient (Wildman–Crippen LogP) is 2.12. The van der Waals surface area contributed by atoms with Gasteiger partial charge in [-0.15, -0.1) is 6.58 Å². The minimum Gasteiger partial charge on any atom is -0.504 e. The van der Waals surface area contributed by atoms with Crippen LogP contribution in [0.1, 0.15) is 17.2 Å². The van der Waals surface area contributed by atoms with Gasteiger partial charge in [-0.25, -0.2) is 0 Å². The van der Waals surface area contributed by atoms with E-state index in [2.05, 4.69) is 18.5 Å². The molecule has 0 bridgehead atoms. The number of aromatic hydroxyl groups is 1. The van der Waals surface area contributed by atoms with Gasteiger partial charge < -0.3 is 9.84 Å². The average molecular weight is 219 g/mol. The number of phenols is 1. The van der Waals surface area contributed by atoms with Crippen LogP contribution in [0.3, 0.4) is 0 Å². The Morgan fingerprint density at radius 1 is 1.56 bits per heavy atom. The van der Waals surface area contributed by atoms with E-state index in [0.29, 0.717) is 5.75 Å². The van der Waals surface area contributed by atoms with Crippen LogP contribution in [-0.2, 0) is 6.42 Å². The second-order valence-electron chi connectivity index (χ2n) is 4.13. The monoisotopic (exact) mass is 219 g/mol. The van der Waals surface area contributed by atoms with E-state index < -0.39 is 0 Å². The maximum Gasteiger partial charge on any atom is 0.160 e. The lowest BCUT2D eigenvalue weighted by Gasteiger charge is -2.32. The van der Waals surface area contributed by atoms with Gasteiger partial charge >= 0.3 is 0 Å². The fourth-order valence-electron chi connectivity index (χ4n) is 2.26. The third kappa shape index (κ3) is 1.67. The van der Waals surface area contributed by atoms with Gasteiger partial charge in [0.05, 0.1) is 13.2 Å². The molecule has 0 aromatic heterocycles. The third-order valence-corrected chi connectivity index (χ3v) is 3.19. The number of likely N-dealkylation sites (N-methyl/N-ethyl adjacent to an activating group) is 1. The zero-order valence-corrected chi connectivity index (χ0v) is 9.73. The van der Waals surface area contributed by atoms with Crippen molar-refractivity contribution in [1.29, 1.82) is 0 Å². The summed E-state index contributed by atoms with van der Waals surface area (Å²) in [5, 5.41) is 9.79. The van der Waals surface area contributed by atoms with Crippen molar-refractivity contribution < 1.29 is 9.84 Å². The van der Waals surface area contributed by atoms with Crippen molar-refractivity contribution in [3.63, 3.8) is 0 Å². The summed E-state index contributed by atoms with van der Waals surface area (Å²) in [6.45, 7) is 4.85. The van der Waals surface area contributed by atoms with Crippen LogP contribution in [0.4, 0.5) is 0 Å². The Balaban J connectivity index is 2.50. The molecule has 1 N–H and O–H groups in total. The molecule has 0 aliphatic carbocycles. The molecule has 16 heavy (non-hydrogen) atoms. The highest BCUT2D eigenvalue weighted by atomic mass is 16.5. The standard InChI is InChI=1S/C13H17NO2/c1-4-11-10-8-12(15)13(16-3)7-9(10)5-6-14(11)2/h4,7-8,11,15H,1,5-6H2,2-3H3. The fourth-order valence-corrected chi connectivity index (χ4v) is 2.26. The maximum atomic E-state index is 9.79. The number of rotatable bonds is 2. The molecule has 1 aliphatic heterocycles. The molecular formula is C13H17NO2. The molecule has 1 heterocycles. The molecule has 2 rings (SSSR count). The number of benzene rings is 1. The Kier molecular flexibility index (Phi) is 2.88. The number of phenolic OH excluding ortho intramolecular Hbond substituents is 1. The number of methoxy groups -OCH3 is 1. The summed E-state index contributed by atoms with van der Waals surface area (Å²) in [6.07, 6.45) is 2.89. The largest absolute Gasteiger partial charge is 0.504 e. The van der Waals surface area contributed by atoms with Crippen molar-refractivity contribution in [2.75, 3.05) is 20.7 Å². The molecule has 0 amide bonds. The second kappa shape index (κ2) is 4.18. The van der Waals surface area contributed by atoms with Gasteiger partial charge in [0.15, 0.2) is 11.5 Å². The van der Waals surface area contributed by atoms with E-state index in [-0.39, 0.29) is 11.8 Å². The van der Waals surface area contributed by atoms with Crippen molar-refractivity contribution in [3.8, 4) is 11.5 Å². The lowest BCUT2D eigenvalue weighted by atomic mass is 9.92. The Hall–Kier alpha value is -1.48. The zero-order valence-electron chi connectivity index (χ0n) is 9.73. The molecule has 3 nitrogen and oxygen atoms in total. The molecule has 1 unspecified atom stereocenters. The van der Waals surface area contributed by atoms with Gasteiger partial charge in [-0.2, -0.15) is 0 Å². The molecule has 1 aromatic rings. The molecule has 0 fully saturated rings. The Morgan fingerprint density at radius 3 is 2.94 bits per heavy atom. The summed E-state index contributed by atoms with van der Waals surface area (Å²) in [4.78, 5) is 2.22. The first-order chi connectivity index (χ1) is 7.67. The van der Waals surface area contributed by atoms with Crippen molar-refractivity contribution in [2.45, 2.75) is 12.5 Å². The summed E-state index contributed by atoms with van der Waals surface area (Å²) < 4.78 is 5.12. The SMILES string of the molecule is C=CC1c2cc(O)c(OC)cc2CCN1C. The minimum atomic E-state index is 0.181. The smallest absolute Gasteiger partial charge is 0.160 e. The number of fused-ring (bicyclic) bond motifs is 1. The average Bonchev–Trinajstić information content (AvgIpc) is 2.28. The highest BCUT2D eigenvalue weighted by Crippen LogP contribution is 2.37. The highest BCUT2D eigenvalue weighted by molar-refractivity contribution is 5.49. The van der Waals surface area contributed by atoms with Crippen LogP contribution in [0.2, 0.25) is 0 Å². The summed E-state index contributed by atoms with van der Waals surface area (Å²) in [5.74, 6) is 0.745. The number of ether oxygens (including phenoxy) is 1. The molecular weight excluding hydrogens is 202 g/mol. The lowest BCUT2D eigenvalue weighted by molar-refractivity contribution is 0.270. The zero-order chi connectivity index (χ0) is 11.7. The topological polar surface area (TPSA) is 32.7 Å². The van der Waals surface area contributed by atoms with Gasteiger partial charge in [0, 0.05) is 6.54 Å². The van der Waals surface area contributed by atoms with Gasteiger partial charge in [0.2, 0.25) is 0 Å². The molecule has 0 spiro atoms. The quantitative estimate of drug-likeness (QED) is 0.773. The Morgan fingerprint density at radius 2 is 2.31 bits per heavy atom. The van der Waals surface area contributed by atoms with E-state index in [0.717, 1.165) is 18.5 Å². The Bertz CT molecular complexity index is 415. The van der Waals surface area contributed by atoms with Crippen LogP contribution in [0.25, 0.3) is 0 Å². The molecule has 0 radical (unpaired) electrons. The Labute approximate surface area is 96.0 Å². The molecule has 1 aliphatic rings. The number of hydrogen-bond acceptors (Lipinski definition) is 3. The van der Waals surface area contributed by atoms with Gasteiger partial charge in [0.25, 0.3) is 0 Å². The van der Waals surface area contributed by atoms with Crippen molar-refractivity contribution in [1.82, 2.24) is 4.90 Å². The van der Waals surface area contributed by atoms with Crippen LogP contribution in [0.15, 0.2) is 24.8 Å². The number of nitrogens with zero attached hydrogens (tertiary/aromatic N) is 1. The van der Waals surface area contributed by atoms with Crippen LogP contribution in [0, 0.1) is 0 Å². The normalized spacial score (nSPS) is 20.2. The van der Waals surface area contributed by atoms with Gasteiger partial charge in [-0.1, -0.05) is 6.08 Å². The first-order valence-corrected chi connectivity index (χ1v) is 5.40. The van der Waals surface area contributed by atoms with Crippen LogP contribution < -0.4 is 4.74 Å². The fraction of sp³-hybridized carbons (Fsp3) is 0.385. The summed E-state index contributed by atoms with van der Waals surface area (Å²) in [7, 11) is 3.64. The molecule has 0 saturated heterocycles. The molecule has 3 heteroatoms. The minimum absolute atomic E-state index is 0.181. The second-order valence-corrected chi connectivity index (χ2v) is 4.13. The molecule has 1 aromatic carbocycles. The van der Waals surface area contributed by atoms with E-state index in [4.69, 9.17) is 4.74 Å². The van der Waals surface area contributed by atoms with Gasteiger partial charge in [-0.3, -0.25) is 4.90 Å². The molecule has 0 saturated carbocycles. The van der Waals surface area contributed by atoms with Gasteiger partial charge in [0.1, 0.15) is 0 Å². The van der Waals surface area contributed by atoms with Crippen molar-refractivity contribution in [3.05, 3.63) is 35.9 Å². The molecule has 86 valence electrons. The van der Waals surface area contributed by atoms with E-state index in [1.165, 1.54) is 5.56 Å². The van der Waals surface area contributed by atoms with E-state index in [1.54, 1.807) is 13.2 Å². The highest BCUT2D eigenvalue weighted by Gasteiger charge is 2.23. The first kappa shape index (κ1) is 11.0. The van der Waals surface area contributed by atoms with Gasteiger partial charge in [-0.05, 0) is 36.7 Å². The van der Waals surface area contributed by atoms with E-state index in [1.807, 2.05) is 12.1 Å². The summed E-state index contributed by atoms with van der Waals surface area (Å²) >= 11 is 0.